The Morgan fingerprint density at radius 2 is 1.71 bits per heavy atom. The number of likely N-dealkylation sites (tertiary alicyclic amines) is 1. The summed E-state index contributed by atoms with van der Waals surface area (Å²) >= 11 is 0. The summed E-state index contributed by atoms with van der Waals surface area (Å²) in [7, 11) is 0. The number of aromatic amines is 1. The molecule has 1 aliphatic heterocycles. The van der Waals surface area contributed by atoms with Crippen molar-refractivity contribution in [2.45, 2.75) is 25.3 Å². The number of nitrogens with one attached hydrogen (secondary N) is 1. The monoisotopic (exact) mass is 409 g/mol. The Labute approximate surface area is 182 Å². The van der Waals surface area contributed by atoms with Crippen molar-refractivity contribution < 1.29 is 4.79 Å². The van der Waals surface area contributed by atoms with Crippen LogP contribution in [-0.4, -0.2) is 28.9 Å². The molecule has 31 heavy (non-hydrogen) atoms. The summed E-state index contributed by atoms with van der Waals surface area (Å²) in [5, 5.41) is 1.09. The second kappa shape index (κ2) is 8.40. The molecule has 1 aromatic heterocycles. The lowest BCUT2D eigenvalue weighted by Gasteiger charge is -2.32. The number of carbonyl (C=O) groups excluding carboxylic acids is 1. The molecule has 4 nitrogen and oxygen atoms in total. The molecule has 4 heteroatoms. The summed E-state index contributed by atoms with van der Waals surface area (Å²) in [6.45, 7) is 2.12. The summed E-state index contributed by atoms with van der Waals surface area (Å²) in [5.74, 6) is 0.576. The fourth-order valence-electron chi connectivity index (χ4n) is 4.70. The molecule has 3 aromatic carbocycles. The van der Waals surface area contributed by atoms with Crippen molar-refractivity contribution in [1.82, 2.24) is 9.88 Å². The highest BCUT2D eigenvalue weighted by molar-refractivity contribution is 6.03. The first-order valence-electron chi connectivity index (χ1n) is 11.0. The zero-order chi connectivity index (χ0) is 21.2. The molecule has 4 aromatic rings. The zero-order valence-corrected chi connectivity index (χ0v) is 17.6. The van der Waals surface area contributed by atoms with Crippen LogP contribution in [0, 0.1) is 0 Å². The number of carbonyl (C=O) groups is 1. The number of aromatic nitrogens is 1. The summed E-state index contributed by atoms with van der Waals surface area (Å²) in [6.07, 6.45) is 1.96. The van der Waals surface area contributed by atoms with Crippen LogP contribution in [0.1, 0.15) is 40.4 Å². The first kappa shape index (κ1) is 19.6. The van der Waals surface area contributed by atoms with Crippen molar-refractivity contribution in [2.24, 2.45) is 5.73 Å². The lowest BCUT2D eigenvalue weighted by atomic mass is 9.88. The van der Waals surface area contributed by atoms with E-state index in [0.717, 1.165) is 48.0 Å². The van der Waals surface area contributed by atoms with Gasteiger partial charge in [0.1, 0.15) is 5.69 Å². The Hall–Kier alpha value is -3.37. The Bertz CT molecular complexity index is 1200. The maximum Gasteiger partial charge on any atom is 0.270 e. The van der Waals surface area contributed by atoms with E-state index in [1.165, 1.54) is 11.1 Å². The van der Waals surface area contributed by atoms with E-state index in [1.807, 2.05) is 41.3 Å². The largest absolute Gasteiger partial charge is 0.351 e. The number of nitrogens with zero attached hydrogens (tertiary/aromatic N) is 1. The molecule has 0 saturated carbocycles. The molecule has 1 saturated heterocycles. The van der Waals surface area contributed by atoms with Crippen LogP contribution in [0.2, 0.25) is 0 Å². The van der Waals surface area contributed by atoms with E-state index < -0.39 is 0 Å². The number of H-pyrrole nitrogens is 1. The molecular formula is C27H27N3O. The Morgan fingerprint density at radius 1 is 0.935 bits per heavy atom. The smallest absolute Gasteiger partial charge is 0.270 e. The van der Waals surface area contributed by atoms with E-state index in [0.29, 0.717) is 18.2 Å². The number of piperidine rings is 1. The van der Waals surface area contributed by atoms with Crippen molar-refractivity contribution in [3.63, 3.8) is 0 Å². The minimum absolute atomic E-state index is 0.0874. The molecule has 156 valence electrons. The van der Waals surface area contributed by atoms with E-state index in [-0.39, 0.29) is 5.91 Å². The van der Waals surface area contributed by atoms with Gasteiger partial charge in [-0.3, -0.25) is 4.79 Å². The van der Waals surface area contributed by atoms with Crippen molar-refractivity contribution in [3.05, 3.63) is 95.7 Å². The number of benzene rings is 3. The predicted molar refractivity (Wildman–Crippen MR) is 126 cm³/mol. The molecule has 0 radical (unpaired) electrons. The van der Waals surface area contributed by atoms with Crippen LogP contribution in [0.15, 0.2) is 78.9 Å². The van der Waals surface area contributed by atoms with Gasteiger partial charge in [-0.15, -0.1) is 0 Å². The fraction of sp³-hybridized carbons (Fsp3) is 0.222. The summed E-state index contributed by atoms with van der Waals surface area (Å²) in [6, 6.07) is 27.1. The quantitative estimate of drug-likeness (QED) is 0.480. The number of amides is 1. The van der Waals surface area contributed by atoms with Crippen LogP contribution >= 0.6 is 0 Å². The van der Waals surface area contributed by atoms with E-state index in [1.54, 1.807) is 0 Å². The molecule has 1 fully saturated rings. The maximum absolute atomic E-state index is 13.2. The number of rotatable bonds is 4. The fourth-order valence-corrected chi connectivity index (χ4v) is 4.70. The summed E-state index contributed by atoms with van der Waals surface area (Å²) < 4.78 is 0. The summed E-state index contributed by atoms with van der Waals surface area (Å²) in [5.41, 5.74) is 12.3. The molecule has 0 unspecified atom stereocenters. The normalized spacial score (nSPS) is 14.8. The molecule has 0 aliphatic carbocycles. The van der Waals surface area contributed by atoms with Crippen LogP contribution in [0.3, 0.4) is 0 Å². The van der Waals surface area contributed by atoms with Gasteiger partial charge in [-0.25, -0.2) is 0 Å². The van der Waals surface area contributed by atoms with Gasteiger partial charge in [0.25, 0.3) is 5.91 Å². The molecule has 0 bridgehead atoms. The van der Waals surface area contributed by atoms with Gasteiger partial charge in [0.15, 0.2) is 0 Å². The Balaban J connectivity index is 1.34. The van der Waals surface area contributed by atoms with Gasteiger partial charge in [-0.05, 0) is 53.1 Å². The van der Waals surface area contributed by atoms with Gasteiger partial charge in [0.05, 0.1) is 0 Å². The number of nitrogens with two attached hydrogens (primary N) is 1. The van der Waals surface area contributed by atoms with Crippen molar-refractivity contribution in [3.8, 4) is 11.1 Å². The minimum Gasteiger partial charge on any atom is -0.351 e. The third-order valence-electron chi connectivity index (χ3n) is 6.42. The second-order valence-electron chi connectivity index (χ2n) is 8.33. The Morgan fingerprint density at radius 3 is 2.48 bits per heavy atom. The molecule has 0 atom stereocenters. The lowest BCUT2D eigenvalue weighted by molar-refractivity contribution is 0.0708. The highest BCUT2D eigenvalue weighted by atomic mass is 16.2. The van der Waals surface area contributed by atoms with Gasteiger partial charge in [-0.1, -0.05) is 66.7 Å². The molecule has 2 heterocycles. The summed E-state index contributed by atoms with van der Waals surface area (Å²) in [4.78, 5) is 18.6. The van der Waals surface area contributed by atoms with Gasteiger partial charge >= 0.3 is 0 Å². The van der Waals surface area contributed by atoms with Crippen LogP contribution in [0.25, 0.3) is 22.0 Å². The van der Waals surface area contributed by atoms with E-state index >= 15 is 0 Å². The van der Waals surface area contributed by atoms with Crippen LogP contribution < -0.4 is 5.73 Å². The van der Waals surface area contributed by atoms with E-state index in [4.69, 9.17) is 5.73 Å². The minimum atomic E-state index is 0.0874. The highest BCUT2D eigenvalue weighted by Crippen LogP contribution is 2.31. The van der Waals surface area contributed by atoms with Gasteiger partial charge in [0, 0.05) is 30.5 Å². The first-order chi connectivity index (χ1) is 15.2. The first-order valence-corrected chi connectivity index (χ1v) is 11.0. The standard InChI is InChI=1S/C27H27N3O/c28-18-19-6-4-9-22(16-19)20-12-14-30(15-13-20)27(31)26-17-24-23(10-5-11-25(24)29-26)21-7-2-1-3-8-21/h1-11,16-17,20,29H,12-15,18,28H2. The Kier molecular flexibility index (Phi) is 5.31. The van der Waals surface area contributed by atoms with Crippen LogP contribution in [0.4, 0.5) is 0 Å². The average Bonchev–Trinajstić information content (AvgIpc) is 3.29. The molecule has 5 rings (SSSR count). The lowest BCUT2D eigenvalue weighted by Crippen LogP contribution is -2.38. The highest BCUT2D eigenvalue weighted by Gasteiger charge is 2.26. The van der Waals surface area contributed by atoms with Gasteiger partial charge in [0.2, 0.25) is 0 Å². The molecular weight excluding hydrogens is 382 g/mol. The maximum atomic E-state index is 13.2. The second-order valence-corrected chi connectivity index (χ2v) is 8.33. The van der Waals surface area contributed by atoms with E-state index in [2.05, 4.69) is 47.4 Å². The zero-order valence-electron chi connectivity index (χ0n) is 17.6. The van der Waals surface area contributed by atoms with Crippen molar-refractivity contribution >= 4 is 16.8 Å². The third-order valence-corrected chi connectivity index (χ3v) is 6.42. The number of fused-ring (bicyclic) bond motifs is 1. The number of hydrogen-bond acceptors (Lipinski definition) is 2. The number of hydrogen-bond donors (Lipinski definition) is 2. The average molecular weight is 410 g/mol. The third kappa shape index (κ3) is 3.87. The van der Waals surface area contributed by atoms with Gasteiger partial charge in [-0.2, -0.15) is 0 Å². The van der Waals surface area contributed by atoms with Crippen LogP contribution in [-0.2, 0) is 6.54 Å². The van der Waals surface area contributed by atoms with E-state index in [9.17, 15) is 4.79 Å². The molecule has 1 aliphatic rings. The SMILES string of the molecule is NCc1cccc(C2CCN(C(=O)c3cc4c(-c5ccccc5)cccc4[nH]3)CC2)c1. The van der Waals surface area contributed by atoms with Gasteiger partial charge < -0.3 is 15.6 Å². The topological polar surface area (TPSA) is 62.1 Å². The molecule has 3 N–H and O–H groups in total. The van der Waals surface area contributed by atoms with Crippen LogP contribution in [0.5, 0.6) is 0 Å². The van der Waals surface area contributed by atoms with Crippen molar-refractivity contribution in [2.75, 3.05) is 13.1 Å². The van der Waals surface area contributed by atoms with Crippen molar-refractivity contribution in [1.29, 1.82) is 0 Å². The molecule has 0 spiro atoms. The predicted octanol–water partition coefficient (Wildman–Crippen LogP) is 5.31. The molecule has 1 amide bonds.